The van der Waals surface area contributed by atoms with E-state index >= 15 is 0 Å². The Balaban J connectivity index is 0.00000252. The van der Waals surface area contributed by atoms with Crippen LogP contribution in [-0.4, -0.2) is 61.5 Å². The minimum Gasteiger partial charge on any atom is -0.488 e. The van der Waals surface area contributed by atoms with E-state index in [1.165, 1.54) is 38.3 Å². The number of amides is 1. The second kappa shape index (κ2) is 16.8. The Morgan fingerprint density at radius 1 is 0.914 bits per heavy atom. The van der Waals surface area contributed by atoms with Crippen molar-refractivity contribution in [1.29, 1.82) is 0 Å². The van der Waals surface area contributed by atoms with Crippen LogP contribution in [0.3, 0.4) is 0 Å². The minimum absolute atomic E-state index is 0.0505. The molecule has 7 aliphatic rings. The molecule has 4 N–H and O–H groups in total. The van der Waals surface area contributed by atoms with Crippen LogP contribution in [0.15, 0.2) is 35.4 Å². The van der Waals surface area contributed by atoms with E-state index in [0.717, 1.165) is 56.5 Å². The average molecular weight is 801 g/mol. The lowest BCUT2D eigenvalue weighted by Crippen LogP contribution is -2.60. The standard InChI is InChI=1S/C48H67NO7.CH5N/c1-27(2)42-40(51)25-48(20-21-49-44(52)30-7-9-32(10-8-30)56-33-16-22-55-26-33)19-15-38-34(43(42)48)11-12-41-46(5)17-13-31(28(3)37(46)14-18-47(38,41)6)23-39(50)35-24-36(29(35)4)45(53)54;1-2/h7-10,27-29,31,33-38,41H,11-26H2,1-6H3,(H,49,52)(H,53,54);2H2,1H3. The molecular formula is C49H72N2O7. The van der Waals surface area contributed by atoms with Crippen molar-refractivity contribution in [1.82, 2.24) is 5.32 Å². The summed E-state index contributed by atoms with van der Waals surface area (Å²) < 4.78 is 11.4. The minimum atomic E-state index is -0.758. The van der Waals surface area contributed by atoms with Gasteiger partial charge in [0.1, 0.15) is 17.6 Å². The van der Waals surface area contributed by atoms with Crippen LogP contribution in [0, 0.1) is 75.4 Å². The topological polar surface area (TPSA) is 145 Å². The fourth-order valence-electron chi connectivity index (χ4n) is 14.7. The highest BCUT2D eigenvalue weighted by atomic mass is 16.5. The molecule has 0 bridgehead atoms. The maximum Gasteiger partial charge on any atom is 0.306 e. The Hall–Kier alpha value is -3.04. The van der Waals surface area contributed by atoms with Crippen molar-refractivity contribution >= 4 is 23.4 Å². The molecule has 13 unspecified atom stereocenters. The van der Waals surface area contributed by atoms with E-state index in [1.807, 2.05) is 31.2 Å². The zero-order valence-electron chi connectivity index (χ0n) is 36.4. The van der Waals surface area contributed by atoms with Gasteiger partial charge in [0.2, 0.25) is 0 Å². The van der Waals surface area contributed by atoms with E-state index in [2.05, 4.69) is 45.7 Å². The van der Waals surface area contributed by atoms with Gasteiger partial charge in [0.15, 0.2) is 5.78 Å². The summed E-state index contributed by atoms with van der Waals surface area (Å²) in [6.07, 6.45) is 12.6. The van der Waals surface area contributed by atoms with Gasteiger partial charge in [-0.3, -0.25) is 19.2 Å². The fraction of sp³-hybridized carbons (Fsp3) is 0.755. The van der Waals surface area contributed by atoms with Gasteiger partial charge >= 0.3 is 5.97 Å². The van der Waals surface area contributed by atoms with Crippen LogP contribution >= 0.6 is 0 Å². The summed E-state index contributed by atoms with van der Waals surface area (Å²) in [7, 11) is 1.50. The predicted octanol–water partition coefficient (Wildman–Crippen LogP) is 8.68. The summed E-state index contributed by atoms with van der Waals surface area (Å²) in [6.45, 7) is 15.9. The molecule has 0 radical (unpaired) electrons. The third-order valence-corrected chi connectivity index (χ3v) is 17.7. The molecule has 1 aromatic carbocycles. The number of carbonyl (C=O) groups is 4. The molecule has 58 heavy (non-hydrogen) atoms. The van der Waals surface area contributed by atoms with E-state index in [0.29, 0.717) is 85.1 Å². The number of nitrogens with one attached hydrogen (secondary N) is 1. The summed E-state index contributed by atoms with van der Waals surface area (Å²) in [4.78, 5) is 52.4. The lowest BCUT2D eigenvalue weighted by atomic mass is 9.37. The Kier molecular flexibility index (Phi) is 12.5. The molecule has 1 amide bonds. The molecule has 9 heteroatoms. The van der Waals surface area contributed by atoms with Crippen LogP contribution in [0.25, 0.3) is 0 Å². The third kappa shape index (κ3) is 7.40. The maximum absolute atomic E-state index is 14.0. The average Bonchev–Trinajstić information content (AvgIpc) is 3.81. The smallest absolute Gasteiger partial charge is 0.306 e. The zero-order chi connectivity index (χ0) is 41.7. The fourth-order valence-corrected chi connectivity index (χ4v) is 14.7. The lowest BCUT2D eigenvalue weighted by Gasteiger charge is -2.67. The summed E-state index contributed by atoms with van der Waals surface area (Å²) in [5.74, 6) is 3.34. The van der Waals surface area contributed by atoms with Gasteiger partial charge in [-0.25, -0.2) is 0 Å². The van der Waals surface area contributed by atoms with Gasteiger partial charge in [-0.05, 0) is 159 Å². The number of carboxylic acid groups (broad SMARTS) is 1. The number of carboxylic acids is 1. The number of Topliss-reactive ketones (excluding diaryl/α,β-unsaturated/α-hetero) is 2. The molecule has 8 rings (SSSR count). The van der Waals surface area contributed by atoms with Crippen molar-refractivity contribution in [3.63, 3.8) is 0 Å². The van der Waals surface area contributed by atoms with Crippen molar-refractivity contribution in [3.05, 3.63) is 41.0 Å². The molecule has 5 saturated carbocycles. The number of fused-ring (bicyclic) bond motifs is 7. The first kappa shape index (κ1) is 43.1. The van der Waals surface area contributed by atoms with Crippen molar-refractivity contribution in [2.75, 3.05) is 26.8 Å². The summed E-state index contributed by atoms with van der Waals surface area (Å²) in [5, 5.41) is 12.7. The van der Waals surface area contributed by atoms with Gasteiger partial charge in [-0.1, -0.05) is 47.1 Å². The van der Waals surface area contributed by atoms with Gasteiger partial charge in [0.25, 0.3) is 5.91 Å². The first-order chi connectivity index (χ1) is 27.7. The normalized spacial score (nSPS) is 40.3. The number of ether oxygens (including phenoxy) is 2. The van der Waals surface area contributed by atoms with Crippen molar-refractivity contribution < 1.29 is 33.8 Å². The molecule has 13 atom stereocenters. The van der Waals surface area contributed by atoms with Crippen LogP contribution in [-0.2, 0) is 19.1 Å². The number of benzene rings is 1. The van der Waals surface area contributed by atoms with Gasteiger partial charge in [-0.15, -0.1) is 0 Å². The van der Waals surface area contributed by atoms with Crippen LogP contribution in [0.5, 0.6) is 5.75 Å². The summed E-state index contributed by atoms with van der Waals surface area (Å²) >= 11 is 0. The summed E-state index contributed by atoms with van der Waals surface area (Å²) in [6, 6.07) is 7.40. The molecule has 0 aromatic heterocycles. The SMILES string of the molecule is CC(C)C1=C2C3CCC4C(C)(CCC5C(C)C(CC(=O)C6CC(C(=O)O)C6C)CCC54C)C3CCC2(CCNC(=O)c2ccc(OC3CCOC3)cc2)CC1=O.CN. The number of carbonyl (C=O) groups excluding carboxylic acids is 3. The van der Waals surface area contributed by atoms with Gasteiger partial charge in [0, 0.05) is 42.7 Å². The largest absolute Gasteiger partial charge is 0.488 e. The van der Waals surface area contributed by atoms with E-state index in [-0.39, 0.29) is 51.9 Å². The van der Waals surface area contributed by atoms with E-state index in [1.54, 1.807) is 0 Å². The number of nitrogens with two attached hydrogens (primary N) is 1. The monoisotopic (exact) mass is 801 g/mol. The molecule has 320 valence electrons. The van der Waals surface area contributed by atoms with Crippen LogP contribution < -0.4 is 15.8 Å². The second-order valence-electron chi connectivity index (χ2n) is 20.5. The first-order valence-corrected chi connectivity index (χ1v) is 22.9. The van der Waals surface area contributed by atoms with E-state index in [4.69, 9.17) is 9.47 Å². The number of ketones is 2. The van der Waals surface area contributed by atoms with Crippen molar-refractivity contribution in [2.24, 2.45) is 81.2 Å². The van der Waals surface area contributed by atoms with Crippen molar-refractivity contribution in [3.8, 4) is 5.75 Å². The van der Waals surface area contributed by atoms with Gasteiger partial charge in [-0.2, -0.15) is 0 Å². The third-order valence-electron chi connectivity index (χ3n) is 17.7. The Labute approximate surface area is 347 Å². The van der Waals surface area contributed by atoms with Crippen molar-refractivity contribution in [2.45, 2.75) is 131 Å². The van der Waals surface area contributed by atoms with Crippen LogP contribution in [0.1, 0.15) is 135 Å². The molecular weight excluding hydrogens is 729 g/mol. The predicted molar refractivity (Wildman–Crippen MR) is 225 cm³/mol. The Morgan fingerprint density at radius 2 is 1.60 bits per heavy atom. The molecule has 0 spiro atoms. The molecule has 6 aliphatic carbocycles. The molecule has 1 saturated heterocycles. The van der Waals surface area contributed by atoms with Crippen LogP contribution in [0.4, 0.5) is 0 Å². The van der Waals surface area contributed by atoms with E-state index < -0.39 is 5.97 Å². The molecule has 1 aromatic rings. The lowest BCUT2D eigenvalue weighted by molar-refractivity contribution is -0.172. The Bertz CT molecular complexity index is 1750. The van der Waals surface area contributed by atoms with E-state index in [9.17, 15) is 24.3 Å². The second-order valence-corrected chi connectivity index (χ2v) is 20.5. The Morgan fingerprint density at radius 3 is 2.26 bits per heavy atom. The number of hydrogen-bond donors (Lipinski definition) is 3. The number of allylic oxidation sites excluding steroid dienone is 2. The highest BCUT2D eigenvalue weighted by molar-refractivity contribution is 6.00. The maximum atomic E-state index is 14.0. The van der Waals surface area contributed by atoms with Gasteiger partial charge in [0.05, 0.1) is 19.1 Å². The molecule has 1 heterocycles. The quantitative estimate of drug-likeness (QED) is 0.202. The summed E-state index contributed by atoms with van der Waals surface area (Å²) in [5.41, 5.74) is 7.98. The molecule has 1 aliphatic heterocycles. The first-order valence-electron chi connectivity index (χ1n) is 22.9. The van der Waals surface area contributed by atoms with Gasteiger partial charge < -0.3 is 25.6 Å². The zero-order valence-corrected chi connectivity index (χ0v) is 36.4. The highest BCUT2D eigenvalue weighted by Crippen LogP contribution is 2.72. The number of hydrogen-bond acceptors (Lipinski definition) is 7. The highest BCUT2D eigenvalue weighted by Gasteiger charge is 2.64. The molecule has 9 nitrogen and oxygen atoms in total. The number of rotatable bonds is 11. The van der Waals surface area contributed by atoms with Crippen LogP contribution in [0.2, 0.25) is 0 Å². The number of aliphatic carboxylic acids is 1. The molecule has 6 fully saturated rings.